The van der Waals surface area contributed by atoms with E-state index < -0.39 is 0 Å². The summed E-state index contributed by atoms with van der Waals surface area (Å²) in [5.41, 5.74) is 6.83. The van der Waals surface area contributed by atoms with Gasteiger partial charge in [-0.15, -0.1) is 11.3 Å². The second-order valence-electron chi connectivity index (χ2n) is 2.60. The van der Waals surface area contributed by atoms with E-state index >= 15 is 0 Å². The van der Waals surface area contributed by atoms with Crippen molar-refractivity contribution >= 4 is 11.3 Å². The van der Waals surface area contributed by atoms with Crippen molar-refractivity contribution in [2.45, 2.75) is 18.6 Å². The summed E-state index contributed by atoms with van der Waals surface area (Å²) >= 11 is 1.68. The highest BCUT2D eigenvalue weighted by molar-refractivity contribution is 7.10. The van der Waals surface area contributed by atoms with Crippen molar-refractivity contribution in [1.29, 1.82) is 0 Å². The van der Waals surface area contributed by atoms with Crippen LogP contribution in [0.2, 0.25) is 0 Å². The fraction of sp³-hybridized carbons (Fsp3) is 0.429. The van der Waals surface area contributed by atoms with Crippen LogP contribution in [0.25, 0.3) is 0 Å². The van der Waals surface area contributed by atoms with Crippen LogP contribution in [0.4, 0.5) is 0 Å². The molecule has 10 heavy (non-hydrogen) atoms. The van der Waals surface area contributed by atoms with Crippen molar-refractivity contribution in [3.63, 3.8) is 0 Å². The second kappa shape index (κ2) is 2.05. The monoisotopic (exact) mass is 155 g/mol. The molecule has 0 amide bonds. The van der Waals surface area contributed by atoms with Gasteiger partial charge < -0.3 is 10.8 Å². The lowest BCUT2D eigenvalue weighted by Gasteiger charge is -2.06. The Morgan fingerprint density at radius 1 is 1.70 bits per heavy atom. The molecule has 54 valence electrons. The predicted octanol–water partition coefficient (Wildman–Crippen LogP) is 0.665. The normalized spacial score (nSPS) is 30.6. The van der Waals surface area contributed by atoms with Crippen LogP contribution in [0.15, 0.2) is 11.4 Å². The molecule has 1 aliphatic carbocycles. The van der Waals surface area contributed by atoms with Gasteiger partial charge in [0.05, 0.1) is 12.1 Å². The van der Waals surface area contributed by atoms with E-state index in [1.54, 1.807) is 11.3 Å². The molecule has 0 unspecified atom stereocenters. The summed E-state index contributed by atoms with van der Waals surface area (Å²) in [4.78, 5) is 1.25. The lowest BCUT2D eigenvalue weighted by atomic mass is 10.2. The van der Waals surface area contributed by atoms with Crippen LogP contribution >= 0.6 is 11.3 Å². The smallest absolute Gasteiger partial charge is 0.0781 e. The summed E-state index contributed by atoms with van der Waals surface area (Å²) < 4.78 is 0. The molecule has 1 aromatic heterocycles. The average Bonchev–Trinajstić information content (AvgIpc) is 2.41. The van der Waals surface area contributed by atoms with Crippen LogP contribution in [0.1, 0.15) is 16.5 Å². The molecule has 1 aromatic rings. The molecular formula is C7H9NOS. The number of nitrogens with two attached hydrogens (primary N) is 1. The number of fused-ring (bicyclic) bond motifs is 1. The first-order valence-electron chi connectivity index (χ1n) is 3.29. The first-order valence-corrected chi connectivity index (χ1v) is 4.17. The van der Waals surface area contributed by atoms with Crippen LogP contribution in [0.3, 0.4) is 0 Å². The zero-order chi connectivity index (χ0) is 7.14. The number of rotatable bonds is 0. The van der Waals surface area contributed by atoms with E-state index in [2.05, 4.69) is 0 Å². The summed E-state index contributed by atoms with van der Waals surface area (Å²) in [6.45, 7) is 0. The molecule has 3 N–H and O–H groups in total. The maximum Gasteiger partial charge on any atom is 0.0781 e. The van der Waals surface area contributed by atoms with E-state index in [0.717, 1.165) is 12.0 Å². The van der Waals surface area contributed by atoms with Crippen molar-refractivity contribution in [2.24, 2.45) is 5.73 Å². The Morgan fingerprint density at radius 3 is 3.20 bits per heavy atom. The number of aliphatic hydroxyl groups excluding tert-OH is 1. The highest BCUT2D eigenvalue weighted by Crippen LogP contribution is 2.33. The van der Waals surface area contributed by atoms with Crippen LogP contribution < -0.4 is 5.73 Å². The van der Waals surface area contributed by atoms with Gasteiger partial charge in [-0.1, -0.05) is 0 Å². The summed E-state index contributed by atoms with van der Waals surface area (Å²) in [6, 6.07) is 1.86. The van der Waals surface area contributed by atoms with Crippen LogP contribution in [-0.4, -0.2) is 11.2 Å². The second-order valence-corrected chi connectivity index (χ2v) is 3.60. The summed E-state index contributed by atoms with van der Waals surface area (Å²) in [5, 5.41) is 11.3. The molecule has 0 fully saturated rings. The maximum atomic E-state index is 9.29. The minimum Gasteiger partial charge on any atom is -0.391 e. The number of aliphatic hydroxyl groups is 1. The standard InChI is InChI=1S/C7H9NOS/c8-7-4-1-2-10-6(4)3-5(7)9/h1-2,5,7,9H,3,8H2/t5-,7+/m0/s1. The van der Waals surface area contributed by atoms with Gasteiger partial charge in [0, 0.05) is 11.3 Å². The summed E-state index contributed by atoms with van der Waals surface area (Å²) in [6.07, 6.45) is 0.399. The average molecular weight is 155 g/mol. The first kappa shape index (κ1) is 6.34. The fourth-order valence-corrected chi connectivity index (χ4v) is 2.32. The number of thiophene rings is 1. The molecule has 0 spiro atoms. The van der Waals surface area contributed by atoms with E-state index in [-0.39, 0.29) is 12.1 Å². The molecule has 2 atom stereocenters. The molecule has 1 aliphatic rings. The van der Waals surface area contributed by atoms with Crippen molar-refractivity contribution in [2.75, 3.05) is 0 Å². The number of hydrogen-bond donors (Lipinski definition) is 2. The molecule has 0 aromatic carbocycles. The third-order valence-corrected chi connectivity index (χ3v) is 2.91. The van der Waals surface area contributed by atoms with Crippen molar-refractivity contribution in [1.82, 2.24) is 0 Å². The highest BCUT2D eigenvalue weighted by Gasteiger charge is 2.28. The van der Waals surface area contributed by atoms with Gasteiger partial charge in [-0.3, -0.25) is 0 Å². The third kappa shape index (κ3) is 0.714. The minimum absolute atomic E-state index is 0.138. The maximum absolute atomic E-state index is 9.29. The molecule has 1 heterocycles. The van der Waals surface area contributed by atoms with E-state index in [4.69, 9.17) is 5.73 Å². The van der Waals surface area contributed by atoms with E-state index in [9.17, 15) is 5.11 Å². The number of hydrogen-bond acceptors (Lipinski definition) is 3. The SMILES string of the molecule is N[C@@H]1c2ccsc2C[C@@H]1O. The minimum atomic E-state index is -0.345. The first-order chi connectivity index (χ1) is 4.79. The Bertz CT molecular complexity index is 246. The van der Waals surface area contributed by atoms with E-state index in [0.29, 0.717) is 0 Å². The zero-order valence-electron chi connectivity index (χ0n) is 5.45. The Morgan fingerprint density at radius 2 is 2.50 bits per heavy atom. The van der Waals surface area contributed by atoms with E-state index in [1.165, 1.54) is 4.88 Å². The van der Waals surface area contributed by atoms with Crippen molar-refractivity contribution in [3.8, 4) is 0 Å². The van der Waals surface area contributed by atoms with E-state index in [1.807, 2.05) is 11.4 Å². The van der Waals surface area contributed by atoms with Crippen LogP contribution in [0, 0.1) is 0 Å². The van der Waals surface area contributed by atoms with Gasteiger partial charge in [0.25, 0.3) is 0 Å². The van der Waals surface area contributed by atoms with Gasteiger partial charge in [-0.25, -0.2) is 0 Å². The summed E-state index contributed by atoms with van der Waals surface area (Å²) in [5.74, 6) is 0. The molecule has 3 heteroatoms. The van der Waals surface area contributed by atoms with Gasteiger partial charge in [0.2, 0.25) is 0 Å². The molecule has 0 radical (unpaired) electrons. The molecular weight excluding hydrogens is 146 g/mol. The molecule has 0 bridgehead atoms. The largest absolute Gasteiger partial charge is 0.391 e. The van der Waals surface area contributed by atoms with Gasteiger partial charge in [-0.05, 0) is 17.0 Å². The Balaban J connectivity index is 2.43. The van der Waals surface area contributed by atoms with Crippen LogP contribution in [-0.2, 0) is 6.42 Å². The molecule has 0 saturated heterocycles. The quantitative estimate of drug-likeness (QED) is 0.578. The Labute approximate surface area is 63.3 Å². The zero-order valence-corrected chi connectivity index (χ0v) is 6.27. The van der Waals surface area contributed by atoms with Crippen LogP contribution in [0.5, 0.6) is 0 Å². The van der Waals surface area contributed by atoms with Crippen molar-refractivity contribution < 1.29 is 5.11 Å². The molecule has 2 nitrogen and oxygen atoms in total. The van der Waals surface area contributed by atoms with Gasteiger partial charge in [-0.2, -0.15) is 0 Å². The molecule has 0 saturated carbocycles. The van der Waals surface area contributed by atoms with Gasteiger partial charge >= 0.3 is 0 Å². The third-order valence-electron chi connectivity index (χ3n) is 1.95. The lowest BCUT2D eigenvalue weighted by Crippen LogP contribution is -2.21. The lowest BCUT2D eigenvalue weighted by molar-refractivity contribution is 0.159. The topological polar surface area (TPSA) is 46.2 Å². The van der Waals surface area contributed by atoms with Gasteiger partial charge in [0.1, 0.15) is 0 Å². The van der Waals surface area contributed by atoms with Gasteiger partial charge in [0.15, 0.2) is 0 Å². The predicted molar refractivity (Wildman–Crippen MR) is 41.0 cm³/mol. The molecule has 2 rings (SSSR count). The fourth-order valence-electron chi connectivity index (χ4n) is 1.34. The Hall–Kier alpha value is -0.380. The summed E-state index contributed by atoms with van der Waals surface area (Å²) in [7, 11) is 0. The highest BCUT2D eigenvalue weighted by atomic mass is 32.1. The Kier molecular flexibility index (Phi) is 1.30. The molecule has 0 aliphatic heterocycles. The van der Waals surface area contributed by atoms with Crippen molar-refractivity contribution in [3.05, 3.63) is 21.9 Å².